The van der Waals surface area contributed by atoms with Crippen molar-refractivity contribution in [2.24, 2.45) is 0 Å². The molecule has 0 saturated carbocycles. The van der Waals surface area contributed by atoms with E-state index in [-0.39, 0.29) is 6.61 Å². The minimum Gasteiger partial charge on any atom is -0.392 e. The number of aliphatic hydroxyl groups is 1. The number of nitrogens with zero attached hydrogens (tertiary/aromatic N) is 3. The summed E-state index contributed by atoms with van der Waals surface area (Å²) in [6, 6.07) is 12.3. The van der Waals surface area contributed by atoms with Crippen LogP contribution >= 0.6 is 22.9 Å². The van der Waals surface area contributed by atoms with E-state index in [1.54, 1.807) is 11.3 Å². The van der Waals surface area contributed by atoms with Crippen LogP contribution in [0.4, 0.5) is 5.13 Å². The normalized spacial score (nSPS) is 16.0. The summed E-state index contributed by atoms with van der Waals surface area (Å²) in [5.74, 6) is 0. The van der Waals surface area contributed by atoms with Gasteiger partial charge in [-0.3, -0.25) is 4.90 Å². The van der Waals surface area contributed by atoms with Gasteiger partial charge in [0.25, 0.3) is 0 Å². The molecule has 1 saturated heterocycles. The lowest BCUT2D eigenvalue weighted by Gasteiger charge is -2.22. The lowest BCUT2D eigenvalue weighted by atomic mass is 10.1. The number of hydrogen-bond donors (Lipinski definition) is 1. The molecule has 142 valence electrons. The Bertz CT molecular complexity index is 942. The zero-order valence-electron chi connectivity index (χ0n) is 15.5. The van der Waals surface area contributed by atoms with Crippen LogP contribution in [0.3, 0.4) is 0 Å². The van der Waals surface area contributed by atoms with E-state index in [0.717, 1.165) is 65.1 Å². The third-order valence-electron chi connectivity index (χ3n) is 4.98. The summed E-state index contributed by atoms with van der Waals surface area (Å²) in [4.78, 5) is 9.70. The van der Waals surface area contributed by atoms with Crippen molar-refractivity contribution in [1.82, 2.24) is 9.88 Å². The molecule has 1 N–H and O–H groups in total. The monoisotopic (exact) mass is 401 g/mol. The molecule has 0 unspecified atom stereocenters. The third kappa shape index (κ3) is 4.43. The van der Waals surface area contributed by atoms with Crippen LogP contribution in [0, 0.1) is 6.92 Å². The average molecular weight is 402 g/mol. The van der Waals surface area contributed by atoms with E-state index in [1.807, 2.05) is 24.3 Å². The molecule has 1 aliphatic heterocycles. The molecule has 4 nitrogen and oxygen atoms in total. The first-order chi connectivity index (χ1) is 13.1. The molecule has 3 aromatic rings. The standard InChI is InChI=1S/C21H24ClN3OS/c1-15-9-16(11-17(10-15)14-26)13-24-5-2-6-25(8-7-24)21-23-19-4-3-18(22)12-20(19)27-21/h3-4,9-12,26H,2,5-8,13-14H2,1H3. The number of aliphatic hydroxyl groups excluding tert-OH is 1. The van der Waals surface area contributed by atoms with Crippen molar-refractivity contribution < 1.29 is 5.11 Å². The summed E-state index contributed by atoms with van der Waals surface area (Å²) in [6.07, 6.45) is 1.12. The predicted octanol–water partition coefficient (Wildman–Crippen LogP) is 4.46. The highest BCUT2D eigenvalue weighted by Gasteiger charge is 2.18. The fourth-order valence-corrected chi connectivity index (χ4v) is 5.02. The van der Waals surface area contributed by atoms with Crippen molar-refractivity contribution in [1.29, 1.82) is 0 Å². The van der Waals surface area contributed by atoms with E-state index in [0.29, 0.717) is 0 Å². The third-order valence-corrected chi connectivity index (χ3v) is 6.30. The van der Waals surface area contributed by atoms with Crippen LogP contribution in [0.1, 0.15) is 23.1 Å². The summed E-state index contributed by atoms with van der Waals surface area (Å²) in [5, 5.41) is 11.3. The van der Waals surface area contributed by atoms with Gasteiger partial charge in [-0.15, -0.1) is 0 Å². The van der Waals surface area contributed by atoms with Crippen LogP contribution in [0.25, 0.3) is 10.2 Å². The first-order valence-electron chi connectivity index (χ1n) is 9.34. The number of anilines is 1. The second-order valence-electron chi connectivity index (χ2n) is 7.21. The second-order valence-corrected chi connectivity index (χ2v) is 8.66. The maximum absolute atomic E-state index is 9.44. The van der Waals surface area contributed by atoms with Crippen molar-refractivity contribution in [3.8, 4) is 0 Å². The van der Waals surface area contributed by atoms with Crippen molar-refractivity contribution >= 4 is 38.3 Å². The Balaban J connectivity index is 1.44. The zero-order valence-corrected chi connectivity index (χ0v) is 17.1. The van der Waals surface area contributed by atoms with Crippen LogP contribution < -0.4 is 4.90 Å². The van der Waals surface area contributed by atoms with Gasteiger partial charge >= 0.3 is 0 Å². The fourth-order valence-electron chi connectivity index (χ4n) is 3.73. The Morgan fingerprint density at radius 1 is 1.07 bits per heavy atom. The SMILES string of the molecule is Cc1cc(CO)cc(CN2CCCN(c3nc4ccc(Cl)cc4s3)CC2)c1. The Morgan fingerprint density at radius 3 is 2.78 bits per heavy atom. The van der Waals surface area contributed by atoms with Gasteiger partial charge in [0.15, 0.2) is 5.13 Å². The van der Waals surface area contributed by atoms with E-state index in [2.05, 4.69) is 28.9 Å². The summed E-state index contributed by atoms with van der Waals surface area (Å²) >= 11 is 7.83. The quantitative estimate of drug-likeness (QED) is 0.700. The van der Waals surface area contributed by atoms with Gasteiger partial charge in [0.1, 0.15) is 0 Å². The molecular weight excluding hydrogens is 378 g/mol. The van der Waals surface area contributed by atoms with Gasteiger partial charge in [0, 0.05) is 37.7 Å². The molecule has 0 aliphatic carbocycles. The molecule has 1 aromatic heterocycles. The van der Waals surface area contributed by atoms with Crippen molar-refractivity contribution in [3.05, 3.63) is 58.1 Å². The van der Waals surface area contributed by atoms with Crippen molar-refractivity contribution in [2.45, 2.75) is 26.5 Å². The van der Waals surface area contributed by atoms with Crippen molar-refractivity contribution in [2.75, 3.05) is 31.1 Å². The summed E-state index contributed by atoms with van der Waals surface area (Å²) in [6.45, 7) is 7.22. The smallest absolute Gasteiger partial charge is 0.186 e. The number of aromatic nitrogens is 1. The average Bonchev–Trinajstić information content (AvgIpc) is 2.92. The van der Waals surface area contributed by atoms with Gasteiger partial charge in [-0.05, 0) is 42.7 Å². The molecule has 6 heteroatoms. The molecular formula is C21H24ClN3OS. The maximum atomic E-state index is 9.44. The first kappa shape index (κ1) is 18.7. The number of hydrogen-bond acceptors (Lipinski definition) is 5. The lowest BCUT2D eigenvalue weighted by molar-refractivity contribution is 0.277. The molecule has 1 fully saturated rings. The molecule has 2 aromatic carbocycles. The van der Waals surface area contributed by atoms with E-state index in [1.165, 1.54) is 11.1 Å². The number of fused-ring (bicyclic) bond motifs is 1. The highest BCUT2D eigenvalue weighted by atomic mass is 35.5. The molecule has 0 radical (unpaired) electrons. The minimum absolute atomic E-state index is 0.101. The van der Waals surface area contributed by atoms with Gasteiger partial charge in [-0.25, -0.2) is 4.98 Å². The maximum Gasteiger partial charge on any atom is 0.186 e. The number of rotatable bonds is 4. The zero-order chi connectivity index (χ0) is 18.8. The van der Waals surface area contributed by atoms with E-state index in [9.17, 15) is 5.11 Å². The molecule has 0 spiro atoms. The predicted molar refractivity (Wildman–Crippen MR) is 114 cm³/mol. The van der Waals surface area contributed by atoms with Gasteiger partial charge in [-0.1, -0.05) is 46.7 Å². The lowest BCUT2D eigenvalue weighted by Crippen LogP contribution is -2.30. The molecule has 2 heterocycles. The number of benzene rings is 2. The topological polar surface area (TPSA) is 39.6 Å². The number of aryl methyl sites for hydroxylation is 1. The minimum atomic E-state index is 0.101. The molecule has 1 aliphatic rings. The summed E-state index contributed by atoms with van der Waals surface area (Å²) in [7, 11) is 0. The van der Waals surface area contributed by atoms with Crippen LogP contribution in [0.15, 0.2) is 36.4 Å². The summed E-state index contributed by atoms with van der Waals surface area (Å²) in [5.41, 5.74) is 4.51. The number of thiazole rings is 1. The van der Waals surface area contributed by atoms with Gasteiger partial charge < -0.3 is 10.0 Å². The van der Waals surface area contributed by atoms with Crippen LogP contribution in [-0.4, -0.2) is 41.2 Å². The van der Waals surface area contributed by atoms with Gasteiger partial charge in [-0.2, -0.15) is 0 Å². The van der Waals surface area contributed by atoms with E-state index < -0.39 is 0 Å². The molecule has 4 rings (SSSR count). The van der Waals surface area contributed by atoms with Crippen molar-refractivity contribution in [3.63, 3.8) is 0 Å². The fraction of sp³-hybridized carbons (Fsp3) is 0.381. The molecule has 0 atom stereocenters. The Hall–Kier alpha value is -1.66. The molecule has 27 heavy (non-hydrogen) atoms. The Morgan fingerprint density at radius 2 is 1.93 bits per heavy atom. The highest BCUT2D eigenvalue weighted by Crippen LogP contribution is 2.31. The van der Waals surface area contributed by atoms with E-state index >= 15 is 0 Å². The van der Waals surface area contributed by atoms with Crippen LogP contribution in [0.5, 0.6) is 0 Å². The largest absolute Gasteiger partial charge is 0.392 e. The van der Waals surface area contributed by atoms with Crippen LogP contribution in [-0.2, 0) is 13.2 Å². The van der Waals surface area contributed by atoms with Gasteiger partial charge in [0.05, 0.1) is 16.8 Å². The number of halogens is 1. The first-order valence-corrected chi connectivity index (χ1v) is 10.5. The Labute approximate surface area is 169 Å². The highest BCUT2D eigenvalue weighted by molar-refractivity contribution is 7.22. The van der Waals surface area contributed by atoms with E-state index in [4.69, 9.17) is 16.6 Å². The Kier molecular flexibility index (Phi) is 5.64. The van der Waals surface area contributed by atoms with Gasteiger partial charge in [0.2, 0.25) is 0 Å². The summed E-state index contributed by atoms with van der Waals surface area (Å²) < 4.78 is 1.15. The van der Waals surface area contributed by atoms with Crippen LogP contribution in [0.2, 0.25) is 5.02 Å². The molecule has 0 amide bonds. The molecule has 0 bridgehead atoms. The second kappa shape index (κ2) is 8.15.